The third-order valence-corrected chi connectivity index (χ3v) is 4.73. The number of urea groups is 1. The van der Waals surface area contributed by atoms with E-state index in [4.69, 9.17) is 0 Å². The van der Waals surface area contributed by atoms with Gasteiger partial charge in [0.1, 0.15) is 6.04 Å². The number of carboxylic acids is 1. The summed E-state index contributed by atoms with van der Waals surface area (Å²) in [5.41, 5.74) is 0. The molecule has 0 radical (unpaired) electrons. The summed E-state index contributed by atoms with van der Waals surface area (Å²) in [5.74, 6) is -0.149. The average Bonchev–Trinajstić information content (AvgIpc) is 2.71. The smallest absolute Gasteiger partial charge is 0.326 e. The third kappa shape index (κ3) is 3.44. The Bertz CT molecular complexity index is 359. The molecule has 2 saturated heterocycles. The van der Waals surface area contributed by atoms with Crippen molar-refractivity contribution in [3.8, 4) is 0 Å². The maximum atomic E-state index is 12.6. The van der Waals surface area contributed by atoms with E-state index >= 15 is 0 Å². The number of amides is 2. The first-order valence-corrected chi connectivity index (χ1v) is 7.91. The highest BCUT2D eigenvalue weighted by Gasteiger charge is 2.34. The molecule has 0 saturated carbocycles. The molecule has 2 aliphatic rings. The van der Waals surface area contributed by atoms with Crippen LogP contribution in [0, 0.1) is 5.92 Å². The first-order valence-electron chi connectivity index (χ1n) is 7.91. The zero-order valence-electron chi connectivity index (χ0n) is 12.4. The van der Waals surface area contributed by atoms with Crippen LogP contribution in [0.1, 0.15) is 51.9 Å². The monoisotopic (exact) mass is 282 g/mol. The van der Waals surface area contributed by atoms with E-state index < -0.39 is 12.0 Å². The number of carboxylic acid groups (broad SMARTS) is 1. The van der Waals surface area contributed by atoms with Crippen molar-refractivity contribution in [2.24, 2.45) is 5.92 Å². The fourth-order valence-corrected chi connectivity index (χ4v) is 3.36. The van der Waals surface area contributed by atoms with Gasteiger partial charge in [-0.25, -0.2) is 9.59 Å². The highest BCUT2D eigenvalue weighted by Crippen LogP contribution is 2.23. The van der Waals surface area contributed by atoms with Crippen LogP contribution in [0.2, 0.25) is 0 Å². The Balaban J connectivity index is 1.99. The summed E-state index contributed by atoms with van der Waals surface area (Å²) in [6, 6.07) is -0.685. The molecular formula is C15H26N2O3. The second-order valence-corrected chi connectivity index (χ2v) is 6.02. The van der Waals surface area contributed by atoms with E-state index in [1.165, 1.54) is 12.8 Å². The van der Waals surface area contributed by atoms with Gasteiger partial charge in [0.25, 0.3) is 0 Å². The summed E-state index contributed by atoms with van der Waals surface area (Å²) in [7, 11) is 0. The third-order valence-electron chi connectivity index (χ3n) is 4.73. The molecule has 0 bridgehead atoms. The van der Waals surface area contributed by atoms with Crippen molar-refractivity contribution in [2.45, 2.75) is 57.9 Å². The lowest BCUT2D eigenvalue weighted by atomic mass is 9.98. The lowest BCUT2D eigenvalue weighted by Gasteiger charge is -2.36. The minimum atomic E-state index is -0.862. The minimum Gasteiger partial charge on any atom is -0.480 e. The van der Waals surface area contributed by atoms with Gasteiger partial charge in [0.05, 0.1) is 0 Å². The molecule has 2 unspecified atom stereocenters. The fourth-order valence-electron chi connectivity index (χ4n) is 3.36. The van der Waals surface area contributed by atoms with Gasteiger partial charge >= 0.3 is 12.0 Å². The van der Waals surface area contributed by atoms with Crippen LogP contribution >= 0.6 is 0 Å². The first kappa shape index (κ1) is 15.1. The molecule has 0 aliphatic carbocycles. The molecule has 2 heterocycles. The summed E-state index contributed by atoms with van der Waals surface area (Å²) < 4.78 is 0. The van der Waals surface area contributed by atoms with Crippen LogP contribution < -0.4 is 0 Å². The second kappa shape index (κ2) is 6.95. The van der Waals surface area contributed by atoms with E-state index in [-0.39, 0.29) is 6.03 Å². The quantitative estimate of drug-likeness (QED) is 0.846. The van der Waals surface area contributed by atoms with Crippen molar-refractivity contribution >= 4 is 12.0 Å². The predicted molar refractivity (Wildman–Crippen MR) is 76.6 cm³/mol. The van der Waals surface area contributed by atoms with Gasteiger partial charge in [-0.2, -0.15) is 0 Å². The minimum absolute atomic E-state index is 0.0612. The van der Waals surface area contributed by atoms with E-state index in [0.29, 0.717) is 18.9 Å². The molecule has 1 N–H and O–H groups in total. The molecule has 20 heavy (non-hydrogen) atoms. The summed E-state index contributed by atoms with van der Waals surface area (Å²) in [6.45, 7) is 4.34. The molecule has 5 heteroatoms. The zero-order chi connectivity index (χ0) is 14.5. The number of carbonyl (C=O) groups excluding carboxylic acids is 1. The second-order valence-electron chi connectivity index (χ2n) is 6.02. The van der Waals surface area contributed by atoms with E-state index in [1.54, 1.807) is 4.90 Å². The molecule has 5 nitrogen and oxygen atoms in total. The van der Waals surface area contributed by atoms with Crippen LogP contribution in [0.5, 0.6) is 0 Å². The standard InChI is InChI=1S/C15H26N2O3/c1-2-12-6-5-9-16(11-8-12)15(20)17-10-4-3-7-13(17)14(18)19/h12-13H,2-11H2,1H3,(H,18,19). The van der Waals surface area contributed by atoms with Gasteiger partial charge in [-0.1, -0.05) is 13.3 Å². The summed E-state index contributed by atoms with van der Waals surface area (Å²) in [4.78, 5) is 27.4. The molecule has 0 spiro atoms. The highest BCUT2D eigenvalue weighted by molar-refractivity contribution is 5.83. The van der Waals surface area contributed by atoms with Crippen molar-refractivity contribution in [1.29, 1.82) is 0 Å². The van der Waals surface area contributed by atoms with Gasteiger partial charge in [0, 0.05) is 19.6 Å². The molecule has 2 rings (SSSR count). The Morgan fingerprint density at radius 2 is 1.85 bits per heavy atom. The largest absolute Gasteiger partial charge is 0.480 e. The Kier molecular flexibility index (Phi) is 5.26. The van der Waals surface area contributed by atoms with Crippen LogP contribution in [0.4, 0.5) is 4.79 Å². The van der Waals surface area contributed by atoms with Crippen LogP contribution in [-0.2, 0) is 4.79 Å². The number of rotatable bonds is 2. The van der Waals surface area contributed by atoms with E-state index in [0.717, 1.165) is 38.8 Å². The molecule has 2 aliphatic heterocycles. The molecule has 2 fully saturated rings. The van der Waals surface area contributed by atoms with Crippen molar-refractivity contribution in [1.82, 2.24) is 9.80 Å². The Labute approximate surface area is 120 Å². The van der Waals surface area contributed by atoms with Gasteiger partial charge < -0.3 is 14.9 Å². The van der Waals surface area contributed by atoms with E-state index in [2.05, 4.69) is 6.92 Å². The first-order chi connectivity index (χ1) is 9.63. The van der Waals surface area contributed by atoms with Gasteiger partial charge in [0.15, 0.2) is 0 Å². The SMILES string of the molecule is CCC1CCCN(C(=O)N2CCCCC2C(=O)O)CC1. The maximum absolute atomic E-state index is 12.6. The topological polar surface area (TPSA) is 60.9 Å². The Morgan fingerprint density at radius 1 is 1.05 bits per heavy atom. The molecule has 114 valence electrons. The molecular weight excluding hydrogens is 256 g/mol. The highest BCUT2D eigenvalue weighted by atomic mass is 16.4. The Hall–Kier alpha value is -1.26. The number of hydrogen-bond donors (Lipinski definition) is 1. The van der Waals surface area contributed by atoms with Crippen LogP contribution in [0.15, 0.2) is 0 Å². The zero-order valence-corrected chi connectivity index (χ0v) is 12.4. The van der Waals surface area contributed by atoms with Gasteiger partial charge in [-0.3, -0.25) is 0 Å². The predicted octanol–water partition coefficient (Wildman–Crippen LogP) is 2.56. The molecule has 0 aromatic carbocycles. The lowest BCUT2D eigenvalue weighted by molar-refractivity contribution is -0.143. The number of hydrogen-bond acceptors (Lipinski definition) is 2. The van der Waals surface area contributed by atoms with Crippen LogP contribution in [0.3, 0.4) is 0 Å². The number of carbonyl (C=O) groups is 2. The van der Waals surface area contributed by atoms with Crippen molar-refractivity contribution < 1.29 is 14.7 Å². The molecule has 2 atom stereocenters. The fraction of sp³-hybridized carbons (Fsp3) is 0.867. The normalized spacial score (nSPS) is 28.1. The van der Waals surface area contributed by atoms with Crippen molar-refractivity contribution in [3.63, 3.8) is 0 Å². The molecule has 0 aromatic heterocycles. The Morgan fingerprint density at radius 3 is 2.55 bits per heavy atom. The van der Waals surface area contributed by atoms with Gasteiger partial charge in [0.2, 0.25) is 0 Å². The maximum Gasteiger partial charge on any atom is 0.326 e. The average molecular weight is 282 g/mol. The van der Waals surface area contributed by atoms with E-state index in [1.807, 2.05) is 4.90 Å². The summed E-state index contributed by atoms with van der Waals surface area (Å²) in [6.07, 6.45) is 6.85. The van der Waals surface area contributed by atoms with Crippen molar-refractivity contribution in [3.05, 3.63) is 0 Å². The molecule has 0 aromatic rings. The number of likely N-dealkylation sites (tertiary alicyclic amines) is 2. The van der Waals surface area contributed by atoms with Crippen LogP contribution in [-0.4, -0.2) is 52.6 Å². The summed E-state index contributed by atoms with van der Waals surface area (Å²) >= 11 is 0. The van der Waals surface area contributed by atoms with Gasteiger partial charge in [-0.15, -0.1) is 0 Å². The number of nitrogens with zero attached hydrogens (tertiary/aromatic N) is 2. The van der Waals surface area contributed by atoms with Crippen LogP contribution in [0.25, 0.3) is 0 Å². The summed E-state index contributed by atoms with van der Waals surface area (Å²) in [5, 5.41) is 9.28. The number of piperidine rings is 1. The van der Waals surface area contributed by atoms with Crippen molar-refractivity contribution in [2.75, 3.05) is 19.6 Å². The van der Waals surface area contributed by atoms with Gasteiger partial charge in [-0.05, 0) is 44.4 Å². The lowest BCUT2D eigenvalue weighted by Crippen LogP contribution is -2.53. The van der Waals surface area contributed by atoms with E-state index in [9.17, 15) is 14.7 Å². The molecule has 2 amide bonds. The number of aliphatic carboxylic acids is 1.